The Balaban J connectivity index is 0.00000300. The highest BCUT2D eigenvalue weighted by molar-refractivity contribution is 5.85. The van der Waals surface area contributed by atoms with E-state index in [0.29, 0.717) is 19.2 Å². The predicted molar refractivity (Wildman–Crippen MR) is 93.9 cm³/mol. The number of piperidine rings is 1. The van der Waals surface area contributed by atoms with Gasteiger partial charge < -0.3 is 15.1 Å². The second-order valence-electron chi connectivity index (χ2n) is 6.43. The highest BCUT2D eigenvalue weighted by Gasteiger charge is 2.46. The van der Waals surface area contributed by atoms with Gasteiger partial charge in [0, 0.05) is 11.3 Å². The molecule has 1 aromatic heterocycles. The van der Waals surface area contributed by atoms with E-state index in [9.17, 15) is 31.1 Å². The summed E-state index contributed by atoms with van der Waals surface area (Å²) in [7, 11) is 0. The zero-order chi connectivity index (χ0) is 20.5. The summed E-state index contributed by atoms with van der Waals surface area (Å²) < 4.78 is 85.5. The van der Waals surface area contributed by atoms with Gasteiger partial charge in [0.05, 0.1) is 5.56 Å². The number of halogens is 7. The highest BCUT2D eigenvalue weighted by Crippen LogP contribution is 2.40. The van der Waals surface area contributed by atoms with Gasteiger partial charge in [0.25, 0.3) is 0 Å². The van der Waals surface area contributed by atoms with E-state index in [2.05, 4.69) is 20.1 Å². The molecule has 0 spiro atoms. The van der Waals surface area contributed by atoms with E-state index in [4.69, 9.17) is 0 Å². The molecule has 1 saturated heterocycles. The first-order valence-corrected chi connectivity index (χ1v) is 8.37. The van der Waals surface area contributed by atoms with Crippen molar-refractivity contribution in [2.45, 2.75) is 31.2 Å². The van der Waals surface area contributed by atoms with E-state index in [1.807, 2.05) is 5.10 Å². The number of anilines is 1. The molecule has 162 valence electrons. The molecule has 0 radical (unpaired) electrons. The lowest BCUT2D eigenvalue weighted by molar-refractivity contribution is -0.156. The number of aromatic amines is 1. The van der Waals surface area contributed by atoms with Crippen molar-refractivity contribution in [2.24, 2.45) is 5.92 Å². The van der Waals surface area contributed by atoms with Crippen molar-refractivity contribution >= 4 is 18.1 Å². The first-order chi connectivity index (χ1) is 13.1. The Morgan fingerprint density at radius 2 is 1.79 bits per heavy atom. The molecule has 29 heavy (non-hydrogen) atoms. The molecule has 2 heterocycles. The minimum Gasteiger partial charge on any atom is -0.388 e. The fourth-order valence-electron chi connectivity index (χ4n) is 3.21. The lowest BCUT2D eigenvalue weighted by atomic mass is 9.89. The number of nitrogens with zero attached hydrogens (tertiary/aromatic N) is 1. The second-order valence-corrected chi connectivity index (χ2v) is 6.43. The molecular weight excluding hydrogens is 430 g/mol. The summed E-state index contributed by atoms with van der Waals surface area (Å²) in [5, 5.41) is 10.4. The molecule has 13 heteroatoms. The van der Waals surface area contributed by atoms with Crippen LogP contribution in [-0.2, 0) is 6.18 Å². The van der Waals surface area contributed by atoms with Crippen LogP contribution < -0.4 is 16.4 Å². The number of hydrogen-bond acceptors (Lipinski definition) is 5. The molecule has 0 aliphatic carbocycles. The highest BCUT2D eigenvalue weighted by atomic mass is 35.5. The van der Waals surface area contributed by atoms with Crippen LogP contribution in [0.25, 0.3) is 11.5 Å². The molecule has 1 aliphatic rings. The van der Waals surface area contributed by atoms with Crippen LogP contribution in [0.4, 0.5) is 32.0 Å². The van der Waals surface area contributed by atoms with Gasteiger partial charge in [0.15, 0.2) is 0 Å². The number of benzene rings is 1. The number of H-pyrrole nitrogens is 1. The standard InChI is InChI=1S/C16H16F6N4O2.ClH/c17-15(18,19)10-2-1-9(13-25-26-14(27)28-13)7-11(10)24-12(16(20,21)22)8-3-5-23-6-4-8;/h1-2,7-8,12,23-24H,3-6H2,(H,26,27);1H/t12-;/m0./s1. The van der Waals surface area contributed by atoms with Crippen LogP contribution in [0.1, 0.15) is 18.4 Å². The lowest BCUT2D eigenvalue weighted by Crippen LogP contribution is -2.46. The third-order valence-corrected chi connectivity index (χ3v) is 4.53. The summed E-state index contributed by atoms with van der Waals surface area (Å²) in [6.45, 7) is 0.701. The Morgan fingerprint density at radius 1 is 1.14 bits per heavy atom. The molecule has 2 aromatic rings. The summed E-state index contributed by atoms with van der Waals surface area (Å²) in [6.07, 6.45) is -9.28. The van der Waals surface area contributed by atoms with Crippen LogP contribution in [0.2, 0.25) is 0 Å². The first-order valence-electron chi connectivity index (χ1n) is 8.37. The molecule has 3 N–H and O–H groups in total. The molecule has 1 fully saturated rings. The normalized spacial score (nSPS) is 16.9. The first kappa shape index (κ1) is 23.1. The third kappa shape index (κ3) is 5.44. The lowest BCUT2D eigenvalue weighted by Gasteiger charge is -2.34. The van der Waals surface area contributed by atoms with Gasteiger partial charge in [-0.2, -0.15) is 26.3 Å². The van der Waals surface area contributed by atoms with E-state index < -0.39 is 41.3 Å². The quantitative estimate of drug-likeness (QED) is 0.622. The van der Waals surface area contributed by atoms with Crippen LogP contribution in [0.15, 0.2) is 27.4 Å². The maximum absolute atomic E-state index is 13.6. The SMILES string of the molecule is Cl.O=c1[nH]nc(-c2ccc(C(F)(F)F)c(N[C@@H](C3CCNCC3)C(F)(F)F)c2)o1. The van der Waals surface area contributed by atoms with Crippen LogP contribution in [0.5, 0.6) is 0 Å². The minimum absolute atomic E-state index is 0. The molecule has 0 unspecified atom stereocenters. The number of aromatic nitrogens is 2. The van der Waals surface area contributed by atoms with E-state index in [0.717, 1.165) is 12.1 Å². The number of nitrogens with one attached hydrogen (secondary N) is 3. The van der Waals surface area contributed by atoms with Gasteiger partial charge in [-0.15, -0.1) is 17.5 Å². The maximum atomic E-state index is 13.6. The monoisotopic (exact) mass is 446 g/mol. The Hall–Kier alpha value is -2.21. The Morgan fingerprint density at radius 3 is 2.31 bits per heavy atom. The fraction of sp³-hybridized carbons (Fsp3) is 0.500. The number of hydrogen-bond donors (Lipinski definition) is 3. The minimum atomic E-state index is -4.88. The summed E-state index contributed by atoms with van der Waals surface area (Å²) in [5.74, 6) is -2.14. The maximum Gasteiger partial charge on any atom is 0.434 e. The zero-order valence-corrected chi connectivity index (χ0v) is 15.5. The van der Waals surface area contributed by atoms with Crippen LogP contribution >= 0.6 is 12.4 Å². The van der Waals surface area contributed by atoms with Crippen molar-refractivity contribution in [1.29, 1.82) is 0 Å². The largest absolute Gasteiger partial charge is 0.434 e. The van der Waals surface area contributed by atoms with E-state index in [1.54, 1.807) is 0 Å². The van der Waals surface area contributed by atoms with Crippen molar-refractivity contribution < 1.29 is 30.8 Å². The predicted octanol–water partition coefficient (Wildman–Crippen LogP) is 3.81. The summed E-state index contributed by atoms with van der Waals surface area (Å²) >= 11 is 0. The van der Waals surface area contributed by atoms with Gasteiger partial charge >= 0.3 is 18.1 Å². The van der Waals surface area contributed by atoms with Crippen molar-refractivity contribution in [3.63, 3.8) is 0 Å². The summed E-state index contributed by atoms with van der Waals surface area (Å²) in [5.41, 5.74) is -2.08. The molecule has 6 nitrogen and oxygen atoms in total. The Labute approximate surface area is 166 Å². The van der Waals surface area contributed by atoms with Gasteiger partial charge in [-0.3, -0.25) is 0 Å². The topological polar surface area (TPSA) is 83.0 Å². The molecule has 1 aliphatic heterocycles. The van der Waals surface area contributed by atoms with Gasteiger partial charge in [-0.05, 0) is 50.0 Å². The van der Waals surface area contributed by atoms with Gasteiger partial charge in [-0.1, -0.05) is 0 Å². The second kappa shape index (κ2) is 8.66. The van der Waals surface area contributed by atoms with Crippen molar-refractivity contribution in [3.8, 4) is 11.5 Å². The van der Waals surface area contributed by atoms with E-state index in [-0.39, 0.29) is 36.7 Å². The average Bonchev–Trinajstić information content (AvgIpc) is 3.05. The van der Waals surface area contributed by atoms with Crippen LogP contribution in [0.3, 0.4) is 0 Å². The van der Waals surface area contributed by atoms with Crippen molar-refractivity contribution in [2.75, 3.05) is 18.4 Å². The molecule has 1 aromatic carbocycles. The van der Waals surface area contributed by atoms with Gasteiger partial charge in [0.2, 0.25) is 5.89 Å². The molecular formula is C16H17ClF6N4O2. The summed E-state index contributed by atoms with van der Waals surface area (Å²) in [6, 6.07) is 0.293. The molecule has 0 bridgehead atoms. The summed E-state index contributed by atoms with van der Waals surface area (Å²) in [4.78, 5) is 11.1. The zero-order valence-electron chi connectivity index (χ0n) is 14.7. The number of alkyl halides is 6. The fourth-order valence-corrected chi connectivity index (χ4v) is 3.21. The van der Waals surface area contributed by atoms with Gasteiger partial charge in [0.1, 0.15) is 6.04 Å². The molecule has 0 saturated carbocycles. The Bertz CT molecular complexity index is 873. The van der Waals surface area contributed by atoms with Crippen LogP contribution in [0, 0.1) is 5.92 Å². The van der Waals surface area contributed by atoms with Crippen molar-refractivity contribution in [1.82, 2.24) is 15.5 Å². The molecule has 1 atom stereocenters. The number of rotatable bonds is 4. The van der Waals surface area contributed by atoms with Crippen molar-refractivity contribution in [3.05, 3.63) is 34.3 Å². The van der Waals surface area contributed by atoms with E-state index in [1.165, 1.54) is 0 Å². The van der Waals surface area contributed by atoms with Gasteiger partial charge in [-0.25, -0.2) is 9.89 Å². The third-order valence-electron chi connectivity index (χ3n) is 4.53. The molecule has 3 rings (SSSR count). The smallest absolute Gasteiger partial charge is 0.388 e. The van der Waals surface area contributed by atoms with E-state index >= 15 is 0 Å². The average molecular weight is 447 g/mol. The Kier molecular flexibility index (Phi) is 6.89. The van der Waals surface area contributed by atoms with Crippen LogP contribution in [-0.4, -0.2) is 35.5 Å². The molecule has 0 amide bonds.